The summed E-state index contributed by atoms with van der Waals surface area (Å²) in [5, 5.41) is 16.8. The normalized spacial score (nSPS) is 20.1. The van der Waals surface area contributed by atoms with E-state index in [9.17, 15) is 5.11 Å². The highest BCUT2D eigenvalue weighted by Crippen LogP contribution is 2.16. The lowest BCUT2D eigenvalue weighted by Crippen LogP contribution is -2.25. The van der Waals surface area contributed by atoms with Gasteiger partial charge < -0.3 is 15.7 Å². The first kappa shape index (κ1) is 10.8. The Bertz CT molecular complexity index is 420. The minimum absolute atomic E-state index is 0.0634. The van der Waals surface area contributed by atoms with Crippen molar-refractivity contribution in [1.29, 1.82) is 5.41 Å². The molecule has 0 radical (unpaired) electrons. The second-order valence-electron chi connectivity index (χ2n) is 4.00. The Balaban J connectivity index is 2.30. The maximum atomic E-state index is 9.44. The summed E-state index contributed by atoms with van der Waals surface area (Å²) in [6, 6.07) is 1.68. The molecule has 1 unspecified atom stereocenters. The molecule has 0 saturated carbocycles. The molecule has 1 aliphatic rings. The van der Waals surface area contributed by atoms with Crippen LogP contribution in [0.5, 0.6) is 0 Å². The molecule has 1 aliphatic heterocycles. The molecule has 0 amide bonds. The van der Waals surface area contributed by atoms with Crippen molar-refractivity contribution >= 4 is 11.8 Å². The molecule has 1 atom stereocenters. The van der Waals surface area contributed by atoms with Gasteiger partial charge in [0.05, 0.1) is 6.10 Å². The quantitative estimate of drug-likeness (QED) is 0.468. The molecule has 16 heavy (non-hydrogen) atoms. The molecule has 4 N–H and O–H groups in total. The average molecular weight is 221 g/mol. The van der Waals surface area contributed by atoms with Crippen LogP contribution in [0.1, 0.15) is 17.8 Å². The average Bonchev–Trinajstić information content (AvgIpc) is 2.64. The zero-order valence-electron chi connectivity index (χ0n) is 9.14. The number of anilines is 1. The van der Waals surface area contributed by atoms with Crippen molar-refractivity contribution in [3.8, 4) is 0 Å². The number of amidine groups is 1. The Morgan fingerprint density at radius 3 is 2.94 bits per heavy atom. The van der Waals surface area contributed by atoms with Crippen LogP contribution < -0.4 is 10.6 Å². The molecule has 0 aromatic carbocycles. The van der Waals surface area contributed by atoms with Crippen molar-refractivity contribution in [1.82, 2.24) is 9.97 Å². The van der Waals surface area contributed by atoms with Gasteiger partial charge in [-0.05, 0) is 19.4 Å². The van der Waals surface area contributed by atoms with Gasteiger partial charge in [-0.15, -0.1) is 0 Å². The van der Waals surface area contributed by atoms with Gasteiger partial charge >= 0.3 is 0 Å². The summed E-state index contributed by atoms with van der Waals surface area (Å²) in [6.07, 6.45) is 0.414. The number of aryl methyl sites for hydroxylation is 1. The van der Waals surface area contributed by atoms with Crippen molar-refractivity contribution in [2.45, 2.75) is 19.4 Å². The van der Waals surface area contributed by atoms with Gasteiger partial charge in [0.1, 0.15) is 11.5 Å². The van der Waals surface area contributed by atoms with Crippen LogP contribution in [0, 0.1) is 12.3 Å². The molecule has 1 fully saturated rings. The molecule has 6 nitrogen and oxygen atoms in total. The zero-order valence-corrected chi connectivity index (χ0v) is 9.14. The van der Waals surface area contributed by atoms with Gasteiger partial charge in [-0.1, -0.05) is 0 Å². The number of nitrogens with zero attached hydrogens (tertiary/aromatic N) is 3. The number of hydrogen-bond acceptors (Lipinski definition) is 5. The van der Waals surface area contributed by atoms with E-state index in [1.54, 1.807) is 6.07 Å². The van der Waals surface area contributed by atoms with Crippen LogP contribution in [0.15, 0.2) is 6.07 Å². The standard InChI is InChI=1S/C10H15N5O/c1-6-4-8(9(11)12)14-10(13-6)15-3-2-7(16)5-15/h4,7,16H,2-3,5H2,1H3,(H3,11,12). The van der Waals surface area contributed by atoms with Gasteiger partial charge in [-0.3, -0.25) is 5.41 Å². The van der Waals surface area contributed by atoms with Gasteiger partial charge in [0.15, 0.2) is 0 Å². The second kappa shape index (κ2) is 4.05. The van der Waals surface area contributed by atoms with Crippen LogP contribution in [-0.2, 0) is 0 Å². The van der Waals surface area contributed by atoms with Gasteiger partial charge in [-0.25, -0.2) is 9.97 Å². The van der Waals surface area contributed by atoms with E-state index < -0.39 is 0 Å². The highest BCUT2D eigenvalue weighted by atomic mass is 16.3. The third kappa shape index (κ3) is 2.11. The summed E-state index contributed by atoms with van der Waals surface area (Å²) < 4.78 is 0. The lowest BCUT2D eigenvalue weighted by Gasteiger charge is -2.16. The van der Waals surface area contributed by atoms with Gasteiger partial charge in [0.25, 0.3) is 0 Å². The molecule has 1 saturated heterocycles. The van der Waals surface area contributed by atoms with Crippen LogP contribution in [0.25, 0.3) is 0 Å². The van der Waals surface area contributed by atoms with Crippen molar-refractivity contribution in [3.05, 3.63) is 17.5 Å². The number of hydrogen-bond donors (Lipinski definition) is 3. The Morgan fingerprint density at radius 1 is 1.62 bits per heavy atom. The van der Waals surface area contributed by atoms with E-state index in [1.165, 1.54) is 0 Å². The van der Waals surface area contributed by atoms with Crippen LogP contribution in [0.2, 0.25) is 0 Å². The first-order chi connectivity index (χ1) is 7.56. The highest BCUT2D eigenvalue weighted by molar-refractivity contribution is 5.93. The maximum Gasteiger partial charge on any atom is 0.226 e. The highest BCUT2D eigenvalue weighted by Gasteiger charge is 2.22. The fourth-order valence-corrected chi connectivity index (χ4v) is 1.76. The lowest BCUT2D eigenvalue weighted by molar-refractivity contribution is 0.198. The van der Waals surface area contributed by atoms with Crippen molar-refractivity contribution in [3.63, 3.8) is 0 Å². The molecule has 1 aromatic rings. The monoisotopic (exact) mass is 221 g/mol. The predicted molar refractivity (Wildman–Crippen MR) is 60.6 cm³/mol. The van der Waals surface area contributed by atoms with E-state index in [0.717, 1.165) is 18.7 Å². The molecule has 6 heteroatoms. The van der Waals surface area contributed by atoms with E-state index >= 15 is 0 Å². The van der Waals surface area contributed by atoms with Crippen molar-refractivity contribution < 1.29 is 5.11 Å². The largest absolute Gasteiger partial charge is 0.391 e. The molecular weight excluding hydrogens is 206 g/mol. The van der Waals surface area contributed by atoms with E-state index in [2.05, 4.69) is 9.97 Å². The summed E-state index contributed by atoms with van der Waals surface area (Å²) in [5.74, 6) is 0.480. The summed E-state index contributed by atoms with van der Waals surface area (Å²) in [5.41, 5.74) is 6.61. The number of rotatable bonds is 2. The molecular formula is C10H15N5O. The second-order valence-corrected chi connectivity index (χ2v) is 4.00. The molecule has 2 rings (SSSR count). The van der Waals surface area contributed by atoms with E-state index in [-0.39, 0.29) is 11.9 Å². The van der Waals surface area contributed by atoms with Gasteiger partial charge in [-0.2, -0.15) is 0 Å². The van der Waals surface area contributed by atoms with Gasteiger partial charge in [0, 0.05) is 18.8 Å². The number of nitrogens with one attached hydrogen (secondary N) is 1. The summed E-state index contributed by atoms with van der Waals surface area (Å²) in [6.45, 7) is 3.12. The summed E-state index contributed by atoms with van der Waals surface area (Å²) in [4.78, 5) is 10.4. The molecule has 0 spiro atoms. The number of β-amino-alcohol motifs (C(OH)–C–C–N with tert-alkyl or cyclic N) is 1. The van der Waals surface area contributed by atoms with Crippen LogP contribution >= 0.6 is 0 Å². The first-order valence-corrected chi connectivity index (χ1v) is 5.19. The number of aromatic nitrogens is 2. The minimum atomic E-state index is -0.315. The Morgan fingerprint density at radius 2 is 2.38 bits per heavy atom. The topological polar surface area (TPSA) is 99.1 Å². The van der Waals surface area contributed by atoms with Crippen molar-refractivity contribution in [2.75, 3.05) is 18.0 Å². The number of aliphatic hydroxyl groups excluding tert-OH is 1. The molecule has 0 aliphatic carbocycles. The van der Waals surface area contributed by atoms with Crippen LogP contribution in [-0.4, -0.2) is 40.1 Å². The Labute approximate surface area is 93.6 Å². The van der Waals surface area contributed by atoms with Gasteiger partial charge in [0.2, 0.25) is 5.95 Å². The number of aliphatic hydroxyl groups is 1. The predicted octanol–water partition coefficient (Wildman–Crippen LogP) is -0.360. The SMILES string of the molecule is Cc1cc(C(=N)N)nc(N2CCC(O)C2)n1. The summed E-state index contributed by atoms with van der Waals surface area (Å²) in [7, 11) is 0. The third-order valence-corrected chi connectivity index (χ3v) is 2.56. The maximum absolute atomic E-state index is 9.44. The fraction of sp³-hybridized carbons (Fsp3) is 0.500. The molecule has 1 aromatic heterocycles. The molecule has 0 bridgehead atoms. The van der Waals surface area contributed by atoms with E-state index in [1.807, 2.05) is 11.8 Å². The number of nitrogen functional groups attached to an aromatic ring is 1. The Kier molecular flexibility index (Phi) is 2.74. The Hall–Kier alpha value is -1.69. The summed E-state index contributed by atoms with van der Waals surface area (Å²) >= 11 is 0. The van der Waals surface area contributed by atoms with Crippen LogP contribution in [0.3, 0.4) is 0 Å². The first-order valence-electron chi connectivity index (χ1n) is 5.19. The molecule has 2 heterocycles. The van der Waals surface area contributed by atoms with E-state index in [4.69, 9.17) is 11.1 Å². The minimum Gasteiger partial charge on any atom is -0.391 e. The van der Waals surface area contributed by atoms with E-state index in [0.29, 0.717) is 18.2 Å². The zero-order chi connectivity index (χ0) is 11.7. The third-order valence-electron chi connectivity index (χ3n) is 2.56. The van der Waals surface area contributed by atoms with Crippen LogP contribution in [0.4, 0.5) is 5.95 Å². The number of nitrogens with two attached hydrogens (primary N) is 1. The molecule has 86 valence electrons. The smallest absolute Gasteiger partial charge is 0.226 e. The van der Waals surface area contributed by atoms with Crippen molar-refractivity contribution in [2.24, 2.45) is 5.73 Å². The lowest BCUT2D eigenvalue weighted by atomic mass is 10.3. The fourth-order valence-electron chi connectivity index (χ4n) is 1.76.